The molecule has 0 atom stereocenters. The average molecular weight is 136 g/mol. The molecule has 0 nitrogen and oxygen atoms in total. The summed E-state index contributed by atoms with van der Waals surface area (Å²) in [5.41, 5.74) is 0. The molecule has 0 radical (unpaired) electrons. The van der Waals surface area contributed by atoms with Gasteiger partial charge in [0.25, 0.3) is 0 Å². The standard InChI is InChI=1S/5CH4.Fe/h5*1H4;. The molecule has 0 aliphatic carbocycles. The van der Waals surface area contributed by atoms with Crippen molar-refractivity contribution in [3.05, 3.63) is 0 Å². The maximum atomic E-state index is 0. The van der Waals surface area contributed by atoms with E-state index >= 15 is 0 Å². The van der Waals surface area contributed by atoms with Gasteiger partial charge in [0.15, 0.2) is 0 Å². The molecular formula is C5H20Fe. The summed E-state index contributed by atoms with van der Waals surface area (Å²) in [6.07, 6.45) is 0. The van der Waals surface area contributed by atoms with E-state index in [2.05, 4.69) is 0 Å². The van der Waals surface area contributed by atoms with Gasteiger partial charge in [0.2, 0.25) is 0 Å². The summed E-state index contributed by atoms with van der Waals surface area (Å²) in [5, 5.41) is 0. The maximum Gasteiger partial charge on any atom is 0 e. The first-order valence-corrected chi connectivity index (χ1v) is 0. The van der Waals surface area contributed by atoms with Crippen LogP contribution < -0.4 is 0 Å². The predicted molar refractivity (Wildman–Crippen MR) is 33.7 cm³/mol. The third-order valence-corrected chi connectivity index (χ3v) is 0. The Morgan fingerprint density at radius 3 is 0.333 bits per heavy atom. The van der Waals surface area contributed by atoms with Crippen LogP contribution in [-0.4, -0.2) is 0 Å². The van der Waals surface area contributed by atoms with E-state index in [-0.39, 0.29) is 54.2 Å². The van der Waals surface area contributed by atoms with Crippen LogP contribution in [0, 0.1) is 0 Å². The van der Waals surface area contributed by atoms with E-state index in [4.69, 9.17) is 0 Å². The Balaban J connectivity index is 0. The Bertz CT molecular complexity index is 3.90. The Labute approximate surface area is 54.8 Å². The first kappa shape index (κ1) is 736. The third-order valence-electron chi connectivity index (χ3n) is 0. The molecule has 0 aromatic heterocycles. The van der Waals surface area contributed by atoms with E-state index in [0.717, 1.165) is 0 Å². The van der Waals surface area contributed by atoms with Crippen LogP contribution in [0.2, 0.25) is 0 Å². The fourth-order valence-electron chi connectivity index (χ4n) is 0. The van der Waals surface area contributed by atoms with E-state index in [1.54, 1.807) is 0 Å². The van der Waals surface area contributed by atoms with Gasteiger partial charge in [-0.3, -0.25) is 0 Å². The van der Waals surface area contributed by atoms with Crippen molar-refractivity contribution in [2.45, 2.75) is 37.1 Å². The molecule has 0 bridgehead atoms. The molecule has 1 heteroatoms. The zero-order valence-corrected chi connectivity index (χ0v) is 1.46. The quantitative estimate of drug-likeness (QED) is 0.448. The van der Waals surface area contributed by atoms with Gasteiger partial charge in [-0.2, -0.15) is 0 Å². The minimum Gasteiger partial charge on any atom is -0.0776 e. The maximum absolute atomic E-state index is 0. The molecule has 0 fully saturated rings. The SMILES string of the molecule is C.C.C.C.C.[Fe]. The topological polar surface area (TPSA) is 0 Å². The van der Waals surface area contributed by atoms with E-state index < -0.39 is 0 Å². The van der Waals surface area contributed by atoms with Crippen LogP contribution in [0.25, 0.3) is 0 Å². The monoisotopic (exact) mass is 136 g/mol. The summed E-state index contributed by atoms with van der Waals surface area (Å²) in [7, 11) is 0. The molecule has 0 N–H and O–H groups in total. The van der Waals surface area contributed by atoms with Gasteiger partial charge < -0.3 is 0 Å². The van der Waals surface area contributed by atoms with Gasteiger partial charge in [-0.1, -0.05) is 37.1 Å². The molecule has 0 saturated heterocycles. The van der Waals surface area contributed by atoms with E-state index in [9.17, 15) is 0 Å². The zero-order chi connectivity index (χ0) is 0. The molecule has 0 aromatic rings. The molecule has 0 saturated carbocycles. The van der Waals surface area contributed by atoms with Crippen molar-refractivity contribution >= 4 is 0 Å². The second-order valence-corrected chi connectivity index (χ2v) is 0. The molecule has 0 aliphatic heterocycles. The average Bonchev–Trinajstić information content (AvgIpc) is 0. The Morgan fingerprint density at radius 1 is 0.333 bits per heavy atom. The number of hydrogen-bond donors (Lipinski definition) is 0. The van der Waals surface area contributed by atoms with Crippen LogP contribution in [-0.2, 0) is 17.1 Å². The van der Waals surface area contributed by atoms with E-state index in [0.29, 0.717) is 0 Å². The van der Waals surface area contributed by atoms with Crippen molar-refractivity contribution in [1.29, 1.82) is 0 Å². The van der Waals surface area contributed by atoms with Crippen molar-refractivity contribution in [3.8, 4) is 0 Å². The van der Waals surface area contributed by atoms with Crippen molar-refractivity contribution in [3.63, 3.8) is 0 Å². The molecule has 0 aliphatic rings. The van der Waals surface area contributed by atoms with Crippen molar-refractivity contribution in [2.24, 2.45) is 0 Å². The van der Waals surface area contributed by atoms with Gasteiger partial charge in [0, 0.05) is 17.1 Å². The minimum absolute atomic E-state index is 0. The summed E-state index contributed by atoms with van der Waals surface area (Å²) in [6.45, 7) is 0. The van der Waals surface area contributed by atoms with Crippen LogP contribution >= 0.6 is 0 Å². The van der Waals surface area contributed by atoms with Crippen LogP contribution in [0.4, 0.5) is 0 Å². The van der Waals surface area contributed by atoms with E-state index in [1.807, 2.05) is 0 Å². The van der Waals surface area contributed by atoms with Gasteiger partial charge in [-0.15, -0.1) is 0 Å². The Hall–Kier alpha value is 0.519. The molecule has 0 heterocycles. The molecule has 6 heavy (non-hydrogen) atoms. The largest absolute Gasteiger partial charge is 0.0776 e. The fraction of sp³-hybridized carbons (Fsp3) is 1.00. The Morgan fingerprint density at radius 2 is 0.333 bits per heavy atom. The molecule has 48 valence electrons. The summed E-state index contributed by atoms with van der Waals surface area (Å²) >= 11 is 0. The van der Waals surface area contributed by atoms with E-state index in [1.165, 1.54) is 0 Å². The number of rotatable bonds is 0. The smallest absolute Gasteiger partial charge is 0 e. The van der Waals surface area contributed by atoms with Crippen LogP contribution in [0.15, 0.2) is 0 Å². The molecule has 0 spiro atoms. The molecule has 0 amide bonds. The molecule has 0 unspecified atom stereocenters. The van der Waals surface area contributed by atoms with Gasteiger partial charge in [0.05, 0.1) is 0 Å². The first-order valence-electron chi connectivity index (χ1n) is 0. The minimum atomic E-state index is 0. The van der Waals surface area contributed by atoms with Crippen LogP contribution in [0.3, 0.4) is 0 Å². The second-order valence-electron chi connectivity index (χ2n) is 0. The third kappa shape index (κ3) is 207. The zero-order valence-electron chi connectivity index (χ0n) is 0.354. The first-order chi connectivity index (χ1) is 0. The van der Waals surface area contributed by atoms with Gasteiger partial charge in [-0.05, 0) is 0 Å². The molecule has 0 aromatic carbocycles. The fourth-order valence-corrected chi connectivity index (χ4v) is 0. The van der Waals surface area contributed by atoms with Gasteiger partial charge in [0.1, 0.15) is 0 Å². The van der Waals surface area contributed by atoms with Crippen molar-refractivity contribution in [1.82, 2.24) is 0 Å². The molecular weight excluding hydrogens is 116 g/mol. The summed E-state index contributed by atoms with van der Waals surface area (Å²) in [6, 6.07) is 0. The Kier molecular flexibility index (Phi) is 51200. The number of hydrogen-bond acceptors (Lipinski definition) is 0. The summed E-state index contributed by atoms with van der Waals surface area (Å²) < 4.78 is 0. The van der Waals surface area contributed by atoms with Crippen LogP contribution in [0.5, 0.6) is 0 Å². The van der Waals surface area contributed by atoms with Gasteiger partial charge >= 0.3 is 0 Å². The predicted octanol–water partition coefficient (Wildman–Crippen LogP) is 3.18. The normalized spacial score (nSPS) is 0. The van der Waals surface area contributed by atoms with Crippen molar-refractivity contribution < 1.29 is 17.1 Å². The summed E-state index contributed by atoms with van der Waals surface area (Å²) in [4.78, 5) is 0. The second kappa shape index (κ2) is 418. The molecule has 0 rings (SSSR count). The van der Waals surface area contributed by atoms with Crippen molar-refractivity contribution in [2.75, 3.05) is 0 Å². The van der Waals surface area contributed by atoms with Crippen LogP contribution in [0.1, 0.15) is 37.1 Å². The van der Waals surface area contributed by atoms with Gasteiger partial charge in [-0.25, -0.2) is 0 Å². The summed E-state index contributed by atoms with van der Waals surface area (Å²) in [5.74, 6) is 0.